The van der Waals surface area contributed by atoms with E-state index in [1.165, 1.54) is 31.2 Å². The summed E-state index contributed by atoms with van der Waals surface area (Å²) in [5, 5.41) is 11.3. The number of hydrogen-bond acceptors (Lipinski definition) is 3. The second kappa shape index (κ2) is 8.08. The van der Waals surface area contributed by atoms with Gasteiger partial charge in [-0.1, -0.05) is 39.0 Å². The first-order chi connectivity index (χ1) is 13.9. The molecular formula is C23H28F3NO3. The molecule has 1 aliphatic carbocycles. The molecule has 2 aromatic carbocycles. The van der Waals surface area contributed by atoms with Crippen molar-refractivity contribution in [1.29, 1.82) is 0 Å². The molecule has 7 heteroatoms. The molecule has 1 atom stereocenters. The Morgan fingerprint density at radius 1 is 1.07 bits per heavy atom. The first kappa shape index (κ1) is 22.4. The lowest BCUT2D eigenvalue weighted by atomic mass is 9.72. The maximum absolute atomic E-state index is 13.9. The van der Waals surface area contributed by atoms with Gasteiger partial charge in [0.25, 0.3) is 0 Å². The zero-order valence-corrected chi connectivity index (χ0v) is 17.8. The number of halogens is 3. The molecular weight excluding hydrogens is 395 g/mol. The zero-order valence-electron chi connectivity index (χ0n) is 17.8. The molecule has 0 aliphatic heterocycles. The van der Waals surface area contributed by atoms with E-state index in [2.05, 4.69) is 20.8 Å². The summed E-state index contributed by atoms with van der Waals surface area (Å²) in [6, 6.07) is 6.08. The monoisotopic (exact) mass is 423 g/mol. The summed E-state index contributed by atoms with van der Waals surface area (Å²) in [7, 11) is 0. The Bertz CT molecular complexity index is 926. The number of alkyl halides is 3. The standard InChI is InChI=1S/C23H28F3NO3/c1-14(27(28)29)15-5-11-19-16(13-15)6-12-20(21(19)23(24,25)26)30-18-9-7-17(8-10-18)22(2,3)4/h5-6,11-14,17-18H,7-10H2,1-4H3. The van der Waals surface area contributed by atoms with Crippen molar-refractivity contribution in [1.82, 2.24) is 0 Å². The lowest BCUT2D eigenvalue weighted by molar-refractivity contribution is -0.524. The lowest BCUT2D eigenvalue weighted by Gasteiger charge is -2.37. The topological polar surface area (TPSA) is 52.4 Å². The first-order valence-corrected chi connectivity index (χ1v) is 10.3. The van der Waals surface area contributed by atoms with Crippen LogP contribution in [0.1, 0.15) is 70.5 Å². The summed E-state index contributed by atoms with van der Waals surface area (Å²) in [5.74, 6) is 0.377. The Hall–Kier alpha value is -2.31. The smallest absolute Gasteiger partial charge is 0.420 e. The maximum atomic E-state index is 13.9. The Labute approximate surface area is 174 Å². The summed E-state index contributed by atoms with van der Waals surface area (Å²) >= 11 is 0. The van der Waals surface area contributed by atoms with Crippen LogP contribution < -0.4 is 4.74 Å². The minimum absolute atomic E-state index is 0.00248. The summed E-state index contributed by atoms with van der Waals surface area (Å²) < 4.78 is 47.7. The number of benzene rings is 2. The van der Waals surface area contributed by atoms with Crippen molar-refractivity contribution in [2.75, 3.05) is 0 Å². The molecule has 4 nitrogen and oxygen atoms in total. The van der Waals surface area contributed by atoms with Gasteiger partial charge in [-0.05, 0) is 59.9 Å². The first-order valence-electron chi connectivity index (χ1n) is 10.3. The number of nitrogens with zero attached hydrogens (tertiary/aromatic N) is 1. The van der Waals surface area contributed by atoms with Crippen LogP contribution in [0.15, 0.2) is 30.3 Å². The minimum atomic E-state index is -4.59. The quantitative estimate of drug-likeness (QED) is 0.387. The molecule has 164 valence electrons. The van der Waals surface area contributed by atoms with E-state index in [4.69, 9.17) is 4.74 Å². The molecule has 0 spiro atoms. The van der Waals surface area contributed by atoms with Gasteiger partial charge in [0.1, 0.15) is 11.3 Å². The highest BCUT2D eigenvalue weighted by atomic mass is 19.4. The van der Waals surface area contributed by atoms with Gasteiger partial charge in [0.2, 0.25) is 6.04 Å². The summed E-state index contributed by atoms with van der Waals surface area (Å²) in [5.41, 5.74) is -0.253. The van der Waals surface area contributed by atoms with Crippen LogP contribution in [0.25, 0.3) is 10.8 Å². The third-order valence-corrected chi connectivity index (χ3v) is 6.28. The molecule has 0 aromatic heterocycles. The normalized spacial score (nSPS) is 21.4. The third kappa shape index (κ3) is 4.71. The predicted octanol–water partition coefficient (Wildman–Crippen LogP) is 7.18. The van der Waals surface area contributed by atoms with Crippen LogP contribution in [-0.4, -0.2) is 11.0 Å². The Morgan fingerprint density at radius 2 is 1.70 bits per heavy atom. The molecule has 1 unspecified atom stereocenters. The molecule has 1 saturated carbocycles. The molecule has 0 heterocycles. The number of hydrogen-bond donors (Lipinski definition) is 0. The van der Waals surface area contributed by atoms with E-state index >= 15 is 0 Å². The van der Waals surface area contributed by atoms with E-state index in [9.17, 15) is 23.3 Å². The van der Waals surface area contributed by atoms with Crippen LogP contribution in [0.2, 0.25) is 0 Å². The van der Waals surface area contributed by atoms with E-state index in [-0.39, 0.29) is 22.7 Å². The second-order valence-corrected chi connectivity index (χ2v) is 9.34. The fourth-order valence-corrected chi connectivity index (χ4v) is 4.33. The lowest BCUT2D eigenvalue weighted by Crippen LogP contribution is -2.31. The van der Waals surface area contributed by atoms with Crippen LogP contribution in [0, 0.1) is 21.4 Å². The van der Waals surface area contributed by atoms with Crippen LogP contribution >= 0.6 is 0 Å². The van der Waals surface area contributed by atoms with Crippen molar-refractivity contribution in [2.24, 2.45) is 11.3 Å². The van der Waals surface area contributed by atoms with Gasteiger partial charge in [-0.2, -0.15) is 13.2 Å². The highest BCUT2D eigenvalue weighted by Gasteiger charge is 2.38. The number of rotatable bonds is 4. The van der Waals surface area contributed by atoms with E-state index in [0.29, 0.717) is 16.9 Å². The number of nitro groups is 1. The molecule has 0 amide bonds. The van der Waals surface area contributed by atoms with Gasteiger partial charge in [0.15, 0.2) is 0 Å². The van der Waals surface area contributed by atoms with Crippen LogP contribution in [0.4, 0.5) is 13.2 Å². The number of ether oxygens (including phenoxy) is 1. The van der Waals surface area contributed by atoms with Gasteiger partial charge in [-0.15, -0.1) is 0 Å². The highest BCUT2D eigenvalue weighted by molar-refractivity contribution is 5.89. The average molecular weight is 423 g/mol. The Kier molecular flexibility index (Phi) is 6.03. The van der Waals surface area contributed by atoms with Gasteiger partial charge in [-0.25, -0.2) is 0 Å². The van der Waals surface area contributed by atoms with Gasteiger partial charge in [0, 0.05) is 17.4 Å². The van der Waals surface area contributed by atoms with E-state index < -0.39 is 22.7 Å². The van der Waals surface area contributed by atoms with E-state index in [0.717, 1.165) is 25.7 Å². The minimum Gasteiger partial charge on any atom is -0.490 e. The predicted molar refractivity (Wildman–Crippen MR) is 110 cm³/mol. The van der Waals surface area contributed by atoms with Crippen molar-refractivity contribution in [3.05, 3.63) is 51.6 Å². The van der Waals surface area contributed by atoms with Crippen molar-refractivity contribution in [3.63, 3.8) is 0 Å². The van der Waals surface area contributed by atoms with Crippen molar-refractivity contribution < 1.29 is 22.8 Å². The van der Waals surface area contributed by atoms with Crippen molar-refractivity contribution in [2.45, 2.75) is 71.7 Å². The summed E-state index contributed by atoms with van der Waals surface area (Å²) in [4.78, 5) is 10.6. The highest BCUT2D eigenvalue weighted by Crippen LogP contribution is 2.44. The second-order valence-electron chi connectivity index (χ2n) is 9.34. The van der Waals surface area contributed by atoms with Crippen LogP contribution in [0.3, 0.4) is 0 Å². The average Bonchev–Trinajstić information content (AvgIpc) is 2.65. The van der Waals surface area contributed by atoms with Gasteiger partial charge < -0.3 is 4.74 Å². The zero-order chi connectivity index (χ0) is 22.3. The van der Waals surface area contributed by atoms with Crippen molar-refractivity contribution in [3.8, 4) is 5.75 Å². The maximum Gasteiger partial charge on any atom is 0.420 e. The van der Waals surface area contributed by atoms with E-state index in [1.54, 1.807) is 6.07 Å². The Balaban J connectivity index is 1.92. The summed E-state index contributed by atoms with van der Waals surface area (Å²) in [6.45, 7) is 7.99. The molecule has 0 radical (unpaired) electrons. The number of fused-ring (bicyclic) bond motifs is 1. The van der Waals surface area contributed by atoms with Gasteiger partial charge in [-0.3, -0.25) is 10.1 Å². The molecule has 0 saturated heterocycles. The molecule has 0 N–H and O–H groups in total. The molecule has 3 rings (SSSR count). The van der Waals surface area contributed by atoms with Crippen LogP contribution in [-0.2, 0) is 6.18 Å². The molecule has 30 heavy (non-hydrogen) atoms. The SMILES string of the molecule is CC(c1ccc2c(C(F)(F)F)c(OC3CCC(C(C)(C)C)CC3)ccc2c1)[N+](=O)[O-]. The molecule has 1 aliphatic rings. The molecule has 2 aromatic rings. The molecule has 0 bridgehead atoms. The van der Waals surface area contributed by atoms with Gasteiger partial charge >= 0.3 is 6.18 Å². The van der Waals surface area contributed by atoms with Gasteiger partial charge in [0.05, 0.1) is 6.10 Å². The van der Waals surface area contributed by atoms with Crippen LogP contribution in [0.5, 0.6) is 5.75 Å². The fourth-order valence-electron chi connectivity index (χ4n) is 4.33. The Morgan fingerprint density at radius 3 is 2.23 bits per heavy atom. The van der Waals surface area contributed by atoms with Crippen molar-refractivity contribution >= 4 is 10.8 Å². The molecule has 1 fully saturated rings. The fraction of sp³-hybridized carbons (Fsp3) is 0.565. The van der Waals surface area contributed by atoms with E-state index in [1.807, 2.05) is 0 Å². The largest absolute Gasteiger partial charge is 0.490 e. The third-order valence-electron chi connectivity index (χ3n) is 6.28. The summed E-state index contributed by atoms with van der Waals surface area (Å²) in [6.07, 6.45) is -1.49.